The SMILES string of the molecule is NC(=O)CNC(=O)c1cc(N)ccn1. The zero-order chi connectivity index (χ0) is 10.6. The molecule has 74 valence electrons. The van der Waals surface area contributed by atoms with Crippen LogP contribution in [0.1, 0.15) is 10.5 Å². The first-order chi connectivity index (χ1) is 6.59. The largest absolute Gasteiger partial charge is 0.399 e. The molecule has 0 bridgehead atoms. The first kappa shape index (κ1) is 9.97. The molecule has 0 atom stereocenters. The minimum atomic E-state index is -0.609. The highest BCUT2D eigenvalue weighted by Gasteiger charge is 2.07. The monoisotopic (exact) mass is 194 g/mol. The highest BCUT2D eigenvalue weighted by molar-refractivity contribution is 5.95. The number of nitrogen functional groups attached to an aromatic ring is 1. The number of nitrogens with one attached hydrogen (secondary N) is 1. The molecule has 5 N–H and O–H groups in total. The van der Waals surface area contributed by atoms with Crippen LogP contribution in [0.3, 0.4) is 0 Å². The zero-order valence-electron chi connectivity index (χ0n) is 7.36. The normalized spacial score (nSPS) is 9.43. The van der Waals surface area contributed by atoms with Crippen molar-refractivity contribution >= 4 is 17.5 Å². The fourth-order valence-corrected chi connectivity index (χ4v) is 0.829. The summed E-state index contributed by atoms with van der Waals surface area (Å²) in [4.78, 5) is 25.4. The molecule has 2 amide bonds. The van der Waals surface area contributed by atoms with Crippen LogP contribution in [-0.2, 0) is 4.79 Å². The van der Waals surface area contributed by atoms with Crippen LogP contribution in [0.5, 0.6) is 0 Å². The van der Waals surface area contributed by atoms with Crippen molar-refractivity contribution in [3.05, 3.63) is 24.0 Å². The molecule has 0 aromatic carbocycles. The summed E-state index contributed by atoms with van der Waals surface area (Å²) in [5, 5.41) is 2.29. The quantitative estimate of drug-likeness (QED) is 0.565. The van der Waals surface area contributed by atoms with Crippen molar-refractivity contribution in [3.63, 3.8) is 0 Å². The van der Waals surface area contributed by atoms with Crippen molar-refractivity contribution in [2.45, 2.75) is 0 Å². The lowest BCUT2D eigenvalue weighted by molar-refractivity contribution is -0.117. The number of nitrogens with zero attached hydrogens (tertiary/aromatic N) is 1. The van der Waals surface area contributed by atoms with Crippen LogP contribution < -0.4 is 16.8 Å². The Morgan fingerprint density at radius 2 is 2.21 bits per heavy atom. The number of primary amides is 1. The van der Waals surface area contributed by atoms with E-state index in [0.717, 1.165) is 0 Å². The Hall–Kier alpha value is -2.11. The molecule has 1 heterocycles. The smallest absolute Gasteiger partial charge is 0.270 e. The van der Waals surface area contributed by atoms with E-state index in [1.165, 1.54) is 12.3 Å². The predicted octanol–water partition coefficient (Wildman–Crippen LogP) is -1.12. The Balaban J connectivity index is 2.65. The van der Waals surface area contributed by atoms with Crippen LogP contribution >= 0.6 is 0 Å². The number of nitrogens with two attached hydrogens (primary N) is 2. The van der Waals surface area contributed by atoms with Gasteiger partial charge < -0.3 is 16.8 Å². The van der Waals surface area contributed by atoms with Gasteiger partial charge in [-0.25, -0.2) is 0 Å². The molecule has 1 aromatic heterocycles. The van der Waals surface area contributed by atoms with Gasteiger partial charge in [0, 0.05) is 11.9 Å². The molecule has 0 aliphatic carbocycles. The van der Waals surface area contributed by atoms with Crippen LogP contribution in [0.2, 0.25) is 0 Å². The maximum atomic E-state index is 11.3. The first-order valence-corrected chi connectivity index (χ1v) is 3.87. The lowest BCUT2D eigenvalue weighted by Gasteiger charge is -2.01. The van der Waals surface area contributed by atoms with E-state index >= 15 is 0 Å². The topological polar surface area (TPSA) is 111 Å². The third-order valence-corrected chi connectivity index (χ3v) is 1.44. The molecular weight excluding hydrogens is 184 g/mol. The molecule has 1 rings (SSSR count). The number of aromatic nitrogens is 1. The van der Waals surface area contributed by atoms with Gasteiger partial charge in [-0.3, -0.25) is 14.6 Å². The van der Waals surface area contributed by atoms with Gasteiger partial charge >= 0.3 is 0 Å². The molecule has 6 heteroatoms. The molecular formula is C8H10N4O2. The Morgan fingerprint density at radius 3 is 2.79 bits per heavy atom. The van der Waals surface area contributed by atoms with Gasteiger partial charge in [0.25, 0.3) is 5.91 Å². The Morgan fingerprint density at radius 1 is 1.50 bits per heavy atom. The minimum Gasteiger partial charge on any atom is -0.399 e. The second-order valence-corrected chi connectivity index (χ2v) is 2.62. The summed E-state index contributed by atoms with van der Waals surface area (Å²) in [5.74, 6) is -1.08. The maximum Gasteiger partial charge on any atom is 0.270 e. The summed E-state index contributed by atoms with van der Waals surface area (Å²) in [6.07, 6.45) is 1.41. The molecule has 0 spiro atoms. The average molecular weight is 194 g/mol. The van der Waals surface area contributed by atoms with Gasteiger partial charge in [0.05, 0.1) is 6.54 Å². The maximum absolute atomic E-state index is 11.3. The van der Waals surface area contributed by atoms with Crippen LogP contribution in [0, 0.1) is 0 Å². The van der Waals surface area contributed by atoms with Crippen LogP contribution in [0.4, 0.5) is 5.69 Å². The van der Waals surface area contributed by atoms with Crippen molar-refractivity contribution in [2.24, 2.45) is 5.73 Å². The van der Waals surface area contributed by atoms with Crippen LogP contribution in [-0.4, -0.2) is 23.3 Å². The van der Waals surface area contributed by atoms with Gasteiger partial charge in [0.15, 0.2) is 0 Å². The number of rotatable bonds is 3. The molecule has 6 nitrogen and oxygen atoms in total. The third kappa shape index (κ3) is 2.74. The number of carbonyl (C=O) groups excluding carboxylic acids is 2. The Kier molecular flexibility index (Phi) is 3.01. The van der Waals surface area contributed by atoms with E-state index in [9.17, 15) is 9.59 Å². The zero-order valence-corrected chi connectivity index (χ0v) is 7.36. The summed E-state index contributed by atoms with van der Waals surface area (Å²) in [6, 6.07) is 2.97. The van der Waals surface area contributed by atoms with Gasteiger partial charge in [0.1, 0.15) is 5.69 Å². The first-order valence-electron chi connectivity index (χ1n) is 3.87. The lowest BCUT2D eigenvalue weighted by Crippen LogP contribution is -2.33. The summed E-state index contributed by atoms with van der Waals surface area (Å²) in [5.41, 5.74) is 10.9. The fraction of sp³-hybridized carbons (Fsp3) is 0.125. The van der Waals surface area contributed by atoms with E-state index in [-0.39, 0.29) is 12.2 Å². The van der Waals surface area contributed by atoms with E-state index in [1.807, 2.05) is 0 Å². The van der Waals surface area contributed by atoms with E-state index < -0.39 is 11.8 Å². The average Bonchev–Trinajstić information content (AvgIpc) is 2.14. The second kappa shape index (κ2) is 4.22. The van der Waals surface area contributed by atoms with E-state index in [1.54, 1.807) is 6.07 Å². The van der Waals surface area contributed by atoms with E-state index in [0.29, 0.717) is 5.69 Å². The predicted molar refractivity (Wildman–Crippen MR) is 50.2 cm³/mol. The number of carbonyl (C=O) groups is 2. The van der Waals surface area contributed by atoms with Gasteiger partial charge in [-0.2, -0.15) is 0 Å². The summed E-state index contributed by atoms with van der Waals surface area (Å²) in [6.45, 7) is -0.213. The molecule has 14 heavy (non-hydrogen) atoms. The van der Waals surface area contributed by atoms with Crippen molar-refractivity contribution in [1.82, 2.24) is 10.3 Å². The summed E-state index contributed by atoms with van der Waals surface area (Å²) >= 11 is 0. The van der Waals surface area contributed by atoms with Gasteiger partial charge in [-0.05, 0) is 12.1 Å². The number of hydrogen-bond donors (Lipinski definition) is 3. The molecule has 0 fully saturated rings. The molecule has 0 saturated carbocycles. The highest BCUT2D eigenvalue weighted by Crippen LogP contribution is 2.01. The molecule has 0 unspecified atom stereocenters. The molecule has 0 aliphatic heterocycles. The fourth-order valence-electron chi connectivity index (χ4n) is 0.829. The number of pyridine rings is 1. The summed E-state index contributed by atoms with van der Waals surface area (Å²) in [7, 11) is 0. The number of hydrogen-bond acceptors (Lipinski definition) is 4. The van der Waals surface area contributed by atoms with Crippen molar-refractivity contribution in [2.75, 3.05) is 12.3 Å². The number of amides is 2. The lowest BCUT2D eigenvalue weighted by atomic mass is 10.3. The van der Waals surface area contributed by atoms with Crippen LogP contribution in [0.25, 0.3) is 0 Å². The van der Waals surface area contributed by atoms with Crippen molar-refractivity contribution in [3.8, 4) is 0 Å². The third-order valence-electron chi connectivity index (χ3n) is 1.44. The highest BCUT2D eigenvalue weighted by atomic mass is 16.2. The molecule has 0 saturated heterocycles. The van der Waals surface area contributed by atoms with Crippen LogP contribution in [0.15, 0.2) is 18.3 Å². The van der Waals surface area contributed by atoms with E-state index in [2.05, 4.69) is 10.3 Å². The van der Waals surface area contributed by atoms with Crippen molar-refractivity contribution in [1.29, 1.82) is 0 Å². The van der Waals surface area contributed by atoms with Gasteiger partial charge in [-0.15, -0.1) is 0 Å². The second-order valence-electron chi connectivity index (χ2n) is 2.62. The molecule has 0 aliphatic rings. The van der Waals surface area contributed by atoms with Gasteiger partial charge in [0.2, 0.25) is 5.91 Å². The summed E-state index contributed by atoms with van der Waals surface area (Å²) < 4.78 is 0. The Labute approximate surface area is 80.3 Å². The van der Waals surface area contributed by atoms with Gasteiger partial charge in [-0.1, -0.05) is 0 Å². The Bertz CT molecular complexity index is 364. The van der Waals surface area contributed by atoms with Crippen molar-refractivity contribution < 1.29 is 9.59 Å². The standard InChI is InChI=1S/C8H10N4O2/c9-5-1-2-11-6(3-5)8(14)12-4-7(10)13/h1-3H,4H2,(H2,9,11)(H2,10,13)(H,12,14). The molecule has 1 aromatic rings. The van der Waals surface area contributed by atoms with E-state index in [4.69, 9.17) is 11.5 Å². The number of anilines is 1. The molecule has 0 radical (unpaired) electrons. The minimum absolute atomic E-state index is 0.159.